The molecule has 1 aromatic carbocycles. The van der Waals surface area contributed by atoms with Gasteiger partial charge in [-0.3, -0.25) is 4.72 Å². The van der Waals surface area contributed by atoms with Crippen LogP contribution in [0, 0.1) is 6.92 Å². The lowest BCUT2D eigenvalue weighted by Gasteiger charge is -2.02. The first-order chi connectivity index (χ1) is 6.47. The molecule has 1 N–H and O–H groups in total. The van der Waals surface area contributed by atoms with Crippen LogP contribution < -0.4 is 4.72 Å². The van der Waals surface area contributed by atoms with Gasteiger partial charge in [-0.15, -0.1) is 0 Å². The predicted octanol–water partition coefficient (Wildman–Crippen LogP) is 2.64. The van der Waals surface area contributed by atoms with E-state index in [1.807, 2.05) is 32.9 Å². The number of hydrogen-bond acceptors (Lipinski definition) is 2. The number of aryl methyl sites for hydroxylation is 1. The third-order valence-corrected chi connectivity index (χ3v) is 1.96. The van der Waals surface area contributed by atoms with E-state index in [1.54, 1.807) is 12.1 Å². The first-order valence-corrected chi connectivity index (χ1v) is 6.41. The third kappa shape index (κ3) is 5.59. The molecule has 0 aliphatic carbocycles. The summed E-state index contributed by atoms with van der Waals surface area (Å²) in [6.07, 6.45) is 1.13. The second-order valence-corrected chi connectivity index (χ2v) is 4.49. The molecule has 0 atom stereocenters. The molecule has 0 saturated heterocycles. The monoisotopic (exact) mass is 217 g/mol. The lowest BCUT2D eigenvalue weighted by molar-refractivity contribution is 0.607. The van der Waals surface area contributed by atoms with Crippen molar-refractivity contribution in [3.8, 4) is 0 Å². The van der Waals surface area contributed by atoms with Crippen LogP contribution in [0.15, 0.2) is 24.3 Å². The Morgan fingerprint density at radius 2 is 1.57 bits per heavy atom. The quantitative estimate of drug-likeness (QED) is 0.827. The highest BCUT2D eigenvalue weighted by Crippen LogP contribution is 2.09. The molecule has 0 saturated carbocycles. The van der Waals surface area contributed by atoms with Gasteiger partial charge in [0.25, 0.3) is 0 Å². The summed E-state index contributed by atoms with van der Waals surface area (Å²) in [6, 6.07) is 7.17. The summed E-state index contributed by atoms with van der Waals surface area (Å²) in [5, 5.41) is 0. The molecule has 14 heavy (non-hydrogen) atoms. The molecule has 0 bridgehead atoms. The summed E-state index contributed by atoms with van der Waals surface area (Å²) in [7, 11) is -3.14. The van der Waals surface area contributed by atoms with Gasteiger partial charge in [0, 0.05) is 7.11 Å². The van der Waals surface area contributed by atoms with E-state index in [2.05, 4.69) is 4.72 Å². The molecule has 0 unspecified atom stereocenters. The zero-order valence-electron chi connectivity index (χ0n) is 9.03. The molecule has 4 heteroatoms. The van der Waals surface area contributed by atoms with Crippen molar-refractivity contribution in [2.45, 2.75) is 20.8 Å². The average Bonchev–Trinajstić information content (AvgIpc) is 2.10. The van der Waals surface area contributed by atoms with Crippen LogP contribution in [0.25, 0.3) is 0 Å². The fourth-order valence-corrected chi connectivity index (χ4v) is 1.40. The van der Waals surface area contributed by atoms with Gasteiger partial charge in [-0.1, -0.05) is 31.5 Å². The molecule has 0 aromatic heterocycles. The van der Waals surface area contributed by atoms with Crippen molar-refractivity contribution in [1.82, 2.24) is 0 Å². The first kappa shape index (κ1) is 13.0. The molecule has 82 valence electrons. The van der Waals surface area contributed by atoms with Crippen molar-refractivity contribution in [2.75, 3.05) is 11.0 Å². The second kappa shape index (κ2) is 5.65. The molecule has 1 rings (SSSR count). The van der Waals surface area contributed by atoms with Gasteiger partial charge in [-0.25, -0.2) is 8.42 Å². The lowest BCUT2D eigenvalue weighted by Crippen LogP contribution is -2.09. The highest BCUT2D eigenvalue weighted by Gasteiger charge is 1.99. The van der Waals surface area contributed by atoms with Gasteiger partial charge < -0.3 is 0 Å². The maximum atomic E-state index is 10.8. The maximum absolute atomic E-state index is 10.8. The SMILES string of the molecule is CC.Cc1ccc(NS(C)(=O)=O)cc1.[HH]. The van der Waals surface area contributed by atoms with Crippen molar-refractivity contribution in [1.29, 1.82) is 0 Å². The van der Waals surface area contributed by atoms with Crippen LogP contribution in [0.2, 0.25) is 0 Å². The van der Waals surface area contributed by atoms with Gasteiger partial charge in [0.05, 0.1) is 6.26 Å². The summed E-state index contributed by atoms with van der Waals surface area (Å²) in [6.45, 7) is 5.95. The Morgan fingerprint density at radius 3 is 1.93 bits per heavy atom. The molecule has 0 spiro atoms. The number of rotatable bonds is 2. The van der Waals surface area contributed by atoms with Crippen LogP contribution in [0.1, 0.15) is 20.8 Å². The highest BCUT2D eigenvalue weighted by atomic mass is 32.2. The van der Waals surface area contributed by atoms with Crippen molar-refractivity contribution in [3.63, 3.8) is 0 Å². The Kier molecular flexibility index (Phi) is 5.23. The normalized spacial score (nSPS) is 10.0. The van der Waals surface area contributed by atoms with Gasteiger partial charge in [-0.05, 0) is 19.1 Å². The Balaban J connectivity index is 0. The van der Waals surface area contributed by atoms with E-state index in [0.717, 1.165) is 11.8 Å². The van der Waals surface area contributed by atoms with Gasteiger partial charge >= 0.3 is 0 Å². The maximum Gasteiger partial charge on any atom is 0.229 e. The molecular formula is C10H19NO2S. The summed E-state index contributed by atoms with van der Waals surface area (Å²) < 4.78 is 23.9. The molecule has 0 heterocycles. The molecule has 3 nitrogen and oxygen atoms in total. The summed E-state index contributed by atoms with van der Waals surface area (Å²) in [5.74, 6) is 0. The molecule has 0 aliphatic rings. The van der Waals surface area contributed by atoms with Crippen LogP contribution in [-0.4, -0.2) is 14.7 Å². The van der Waals surface area contributed by atoms with Crippen molar-refractivity contribution < 1.29 is 9.84 Å². The average molecular weight is 217 g/mol. The number of sulfonamides is 1. The zero-order valence-corrected chi connectivity index (χ0v) is 9.85. The highest BCUT2D eigenvalue weighted by molar-refractivity contribution is 7.92. The molecule has 0 radical (unpaired) electrons. The fourth-order valence-electron chi connectivity index (χ4n) is 0.836. The molecule has 0 amide bonds. The predicted molar refractivity (Wildman–Crippen MR) is 63.1 cm³/mol. The smallest absolute Gasteiger partial charge is 0.229 e. The number of anilines is 1. The van der Waals surface area contributed by atoms with Crippen molar-refractivity contribution in [3.05, 3.63) is 29.8 Å². The minimum atomic E-state index is -3.14. The van der Waals surface area contributed by atoms with E-state index in [4.69, 9.17) is 0 Å². The van der Waals surface area contributed by atoms with E-state index in [9.17, 15) is 8.42 Å². The van der Waals surface area contributed by atoms with Crippen LogP contribution >= 0.6 is 0 Å². The minimum Gasteiger partial charge on any atom is -0.284 e. The molecular weight excluding hydrogens is 198 g/mol. The van der Waals surface area contributed by atoms with Crippen molar-refractivity contribution >= 4 is 15.7 Å². The van der Waals surface area contributed by atoms with Crippen LogP contribution in [-0.2, 0) is 10.0 Å². The van der Waals surface area contributed by atoms with Crippen molar-refractivity contribution in [2.24, 2.45) is 0 Å². The third-order valence-electron chi connectivity index (χ3n) is 1.35. The fraction of sp³-hybridized carbons (Fsp3) is 0.400. The van der Waals surface area contributed by atoms with Gasteiger partial charge in [0.15, 0.2) is 0 Å². The summed E-state index contributed by atoms with van der Waals surface area (Å²) in [5.41, 5.74) is 1.71. The number of benzene rings is 1. The largest absolute Gasteiger partial charge is 0.284 e. The molecule has 0 fully saturated rings. The van der Waals surface area contributed by atoms with E-state index >= 15 is 0 Å². The van der Waals surface area contributed by atoms with Crippen LogP contribution in [0.3, 0.4) is 0 Å². The number of hydrogen-bond donors (Lipinski definition) is 1. The van der Waals surface area contributed by atoms with Gasteiger partial charge in [0.2, 0.25) is 10.0 Å². The minimum absolute atomic E-state index is 0. The van der Waals surface area contributed by atoms with Gasteiger partial charge in [0.1, 0.15) is 0 Å². The van der Waals surface area contributed by atoms with Gasteiger partial charge in [-0.2, -0.15) is 0 Å². The Bertz CT molecular complexity index is 360. The van der Waals surface area contributed by atoms with Crippen LogP contribution in [0.4, 0.5) is 5.69 Å². The first-order valence-electron chi connectivity index (χ1n) is 4.52. The summed E-state index contributed by atoms with van der Waals surface area (Å²) >= 11 is 0. The molecule has 0 aliphatic heterocycles. The Hall–Kier alpha value is -1.03. The van der Waals surface area contributed by atoms with E-state index in [-0.39, 0.29) is 1.43 Å². The number of nitrogens with one attached hydrogen (secondary N) is 1. The second-order valence-electron chi connectivity index (χ2n) is 2.74. The van der Waals surface area contributed by atoms with E-state index in [0.29, 0.717) is 5.69 Å². The van der Waals surface area contributed by atoms with Crippen LogP contribution in [0.5, 0.6) is 0 Å². The zero-order chi connectivity index (χ0) is 11.2. The Morgan fingerprint density at radius 1 is 1.14 bits per heavy atom. The summed E-state index contributed by atoms with van der Waals surface area (Å²) in [4.78, 5) is 0. The van der Waals surface area contributed by atoms with E-state index in [1.165, 1.54) is 0 Å². The topological polar surface area (TPSA) is 46.2 Å². The lowest BCUT2D eigenvalue weighted by atomic mass is 10.2. The standard InChI is InChI=1S/C8H11NO2S.C2H6.H2/c1-7-3-5-8(6-4-7)9-12(2,10)11;1-2;/h3-6,9H,1-2H3;1-2H3;1H. The Labute approximate surface area is 87.7 Å². The van der Waals surface area contributed by atoms with E-state index < -0.39 is 10.0 Å². The molecule has 1 aromatic rings.